The van der Waals surface area contributed by atoms with Gasteiger partial charge in [-0.3, -0.25) is 0 Å². The highest BCUT2D eigenvalue weighted by molar-refractivity contribution is 6.60. The van der Waals surface area contributed by atoms with Crippen molar-refractivity contribution < 1.29 is 13.3 Å². The fraction of sp³-hybridized carbons (Fsp3) is 0.455. The molecule has 0 radical (unpaired) electrons. The first-order valence-corrected chi connectivity index (χ1v) is 7.36. The van der Waals surface area contributed by atoms with Crippen molar-refractivity contribution in [3.05, 3.63) is 34.9 Å². The minimum atomic E-state index is -2.45. The first kappa shape index (κ1) is 13.7. The minimum absolute atomic E-state index is 0.748. The Kier molecular flexibility index (Phi) is 5.44. The highest BCUT2D eigenvalue weighted by Crippen LogP contribution is 2.18. The normalized spacial score (nSPS) is 11.8. The summed E-state index contributed by atoms with van der Waals surface area (Å²) in [7, 11) is 2.43. The number of hydrogen-bond acceptors (Lipinski definition) is 3. The molecule has 1 aromatic carbocycles. The average molecular weight is 261 g/mol. The molecule has 0 aromatic heterocycles. The Morgan fingerprint density at radius 2 is 1.50 bits per heavy atom. The molecule has 0 atom stereocenters. The van der Waals surface area contributed by atoms with Crippen molar-refractivity contribution in [1.82, 2.24) is 0 Å². The fourth-order valence-corrected chi connectivity index (χ4v) is 3.34. The van der Waals surface area contributed by atoms with Crippen molar-refractivity contribution >= 4 is 20.4 Å². The average Bonchev–Trinajstić information content (AvgIpc) is 2.34. The van der Waals surface area contributed by atoms with Crippen LogP contribution in [-0.4, -0.2) is 30.1 Å². The summed E-state index contributed by atoms with van der Waals surface area (Å²) in [5.74, 6) is 0. The quantitative estimate of drug-likeness (QED) is 0.736. The van der Waals surface area contributed by atoms with Gasteiger partial charge in [0.1, 0.15) is 0 Å². The van der Waals surface area contributed by atoms with Crippen LogP contribution in [0.5, 0.6) is 0 Å². The first-order valence-electron chi connectivity index (χ1n) is 5.05. The Bertz CT molecular complexity index is 303. The van der Waals surface area contributed by atoms with Crippen LogP contribution < -0.4 is 0 Å². The summed E-state index contributed by atoms with van der Waals surface area (Å²) in [5.41, 5.74) is 1.20. The molecule has 0 amide bonds. The van der Waals surface area contributed by atoms with Crippen LogP contribution in [-0.2, 0) is 19.7 Å². The Morgan fingerprint density at radius 3 is 1.94 bits per heavy atom. The summed E-state index contributed by atoms with van der Waals surface area (Å²) < 4.78 is 16.1. The summed E-state index contributed by atoms with van der Waals surface area (Å²) in [4.78, 5) is 0. The lowest BCUT2D eigenvalue weighted by molar-refractivity contribution is 0.123. The third kappa shape index (κ3) is 3.57. The topological polar surface area (TPSA) is 27.7 Å². The van der Waals surface area contributed by atoms with Crippen LogP contribution in [0.25, 0.3) is 0 Å². The summed E-state index contributed by atoms with van der Waals surface area (Å²) in [6.45, 7) is 0. The molecule has 0 fully saturated rings. The Hall–Kier alpha value is -0.393. The van der Waals surface area contributed by atoms with Crippen molar-refractivity contribution in [2.24, 2.45) is 0 Å². The van der Waals surface area contributed by atoms with Crippen LogP contribution in [0.2, 0.25) is 11.1 Å². The predicted octanol–water partition coefficient (Wildman–Crippen LogP) is 2.76. The molecule has 90 valence electrons. The van der Waals surface area contributed by atoms with Crippen molar-refractivity contribution in [3.63, 3.8) is 0 Å². The maximum absolute atomic E-state index is 5.82. The van der Waals surface area contributed by atoms with Crippen LogP contribution in [0.15, 0.2) is 24.3 Å². The number of aryl methyl sites for hydroxylation is 1. The Morgan fingerprint density at radius 1 is 1.00 bits per heavy atom. The predicted molar refractivity (Wildman–Crippen MR) is 66.7 cm³/mol. The van der Waals surface area contributed by atoms with E-state index in [1.807, 2.05) is 24.3 Å². The molecule has 3 nitrogen and oxygen atoms in total. The lowest BCUT2D eigenvalue weighted by atomic mass is 10.2. The summed E-state index contributed by atoms with van der Waals surface area (Å²) in [6.07, 6.45) is 0.860. The van der Waals surface area contributed by atoms with Gasteiger partial charge in [0.25, 0.3) is 0 Å². The maximum atomic E-state index is 5.82. The van der Waals surface area contributed by atoms with Gasteiger partial charge in [0, 0.05) is 32.4 Å². The monoisotopic (exact) mass is 260 g/mol. The molecule has 16 heavy (non-hydrogen) atoms. The van der Waals surface area contributed by atoms with Crippen LogP contribution in [0.3, 0.4) is 0 Å². The van der Waals surface area contributed by atoms with Gasteiger partial charge in [0.15, 0.2) is 0 Å². The molecular weight excluding hydrogens is 244 g/mol. The largest absolute Gasteiger partial charge is 0.500 e. The molecule has 0 spiro atoms. The summed E-state index contributed by atoms with van der Waals surface area (Å²) >= 11 is 5.82. The fourth-order valence-electron chi connectivity index (χ4n) is 1.50. The maximum Gasteiger partial charge on any atom is 0.500 e. The standard InChI is InChI=1S/C11H17ClO3Si/c1-13-16(14-2,15-3)9-8-10-4-6-11(12)7-5-10/h4-7H,8-9H2,1-3H3. The van der Waals surface area contributed by atoms with E-state index in [9.17, 15) is 0 Å². The molecular formula is C11H17ClO3Si. The molecule has 0 heterocycles. The Labute approximate surface area is 103 Å². The molecule has 0 aliphatic rings. The van der Waals surface area contributed by atoms with Gasteiger partial charge in [-0.25, -0.2) is 0 Å². The highest BCUT2D eigenvalue weighted by atomic mass is 35.5. The van der Waals surface area contributed by atoms with E-state index in [1.165, 1.54) is 5.56 Å². The van der Waals surface area contributed by atoms with E-state index in [2.05, 4.69) is 0 Å². The van der Waals surface area contributed by atoms with Gasteiger partial charge < -0.3 is 13.3 Å². The first-order chi connectivity index (χ1) is 7.65. The van der Waals surface area contributed by atoms with Gasteiger partial charge in [-0.15, -0.1) is 0 Å². The highest BCUT2D eigenvalue weighted by Gasteiger charge is 2.36. The zero-order chi connectivity index (χ0) is 12.0. The van der Waals surface area contributed by atoms with Gasteiger partial charge in [-0.2, -0.15) is 0 Å². The van der Waals surface area contributed by atoms with Gasteiger partial charge in [0.2, 0.25) is 0 Å². The zero-order valence-electron chi connectivity index (χ0n) is 9.83. The van der Waals surface area contributed by atoms with E-state index >= 15 is 0 Å². The van der Waals surface area contributed by atoms with Crippen LogP contribution >= 0.6 is 11.6 Å². The van der Waals surface area contributed by atoms with Crippen LogP contribution in [0, 0.1) is 0 Å². The van der Waals surface area contributed by atoms with E-state index < -0.39 is 8.80 Å². The van der Waals surface area contributed by atoms with E-state index in [4.69, 9.17) is 24.9 Å². The molecule has 0 aliphatic carbocycles. The molecule has 0 bridgehead atoms. The third-order valence-electron chi connectivity index (χ3n) is 2.57. The lowest BCUT2D eigenvalue weighted by Crippen LogP contribution is -2.43. The number of benzene rings is 1. The molecule has 0 saturated heterocycles. The number of halogens is 1. The van der Waals surface area contributed by atoms with Gasteiger partial charge in [-0.05, 0) is 24.1 Å². The van der Waals surface area contributed by atoms with Crippen LogP contribution in [0.1, 0.15) is 5.56 Å². The molecule has 0 N–H and O–H groups in total. The second-order valence-electron chi connectivity index (χ2n) is 3.42. The van der Waals surface area contributed by atoms with Crippen molar-refractivity contribution in [2.75, 3.05) is 21.3 Å². The SMILES string of the molecule is CO[Si](CCc1ccc(Cl)cc1)(OC)OC. The van der Waals surface area contributed by atoms with Gasteiger partial charge >= 0.3 is 8.80 Å². The minimum Gasteiger partial charge on any atom is -0.377 e. The molecule has 0 saturated carbocycles. The summed E-state index contributed by atoms with van der Waals surface area (Å²) in [5, 5.41) is 0.748. The van der Waals surface area contributed by atoms with E-state index in [0.29, 0.717) is 0 Å². The number of hydrogen-bond donors (Lipinski definition) is 0. The van der Waals surface area contributed by atoms with Gasteiger partial charge in [-0.1, -0.05) is 23.7 Å². The van der Waals surface area contributed by atoms with Crippen molar-refractivity contribution in [1.29, 1.82) is 0 Å². The zero-order valence-corrected chi connectivity index (χ0v) is 11.6. The molecule has 0 aliphatic heterocycles. The molecule has 0 unspecified atom stereocenters. The van der Waals surface area contributed by atoms with Gasteiger partial charge in [0.05, 0.1) is 0 Å². The number of rotatable bonds is 6. The van der Waals surface area contributed by atoms with E-state index in [-0.39, 0.29) is 0 Å². The smallest absolute Gasteiger partial charge is 0.377 e. The van der Waals surface area contributed by atoms with E-state index in [0.717, 1.165) is 17.5 Å². The van der Waals surface area contributed by atoms with Crippen molar-refractivity contribution in [2.45, 2.75) is 12.5 Å². The van der Waals surface area contributed by atoms with E-state index in [1.54, 1.807) is 21.3 Å². The second kappa shape index (κ2) is 6.37. The van der Waals surface area contributed by atoms with Crippen LogP contribution in [0.4, 0.5) is 0 Å². The lowest BCUT2D eigenvalue weighted by Gasteiger charge is -2.24. The molecule has 1 rings (SSSR count). The molecule has 1 aromatic rings. The molecule has 5 heteroatoms. The second-order valence-corrected chi connectivity index (χ2v) is 6.95. The third-order valence-corrected chi connectivity index (χ3v) is 5.55. The van der Waals surface area contributed by atoms with Crippen molar-refractivity contribution in [3.8, 4) is 0 Å². The summed E-state index contributed by atoms with van der Waals surface area (Å²) in [6, 6.07) is 8.53. The Balaban J connectivity index is 2.58.